The van der Waals surface area contributed by atoms with Gasteiger partial charge in [0.05, 0.1) is 0 Å². The monoisotopic (exact) mass is 143 g/mol. The minimum Gasteiger partial charge on any atom is -0.302 e. The minimum atomic E-state index is 0.549. The Morgan fingerprint density at radius 2 is 2.56 bits per heavy atom. The van der Waals surface area contributed by atoms with Gasteiger partial charge in [-0.2, -0.15) is 0 Å². The lowest BCUT2D eigenvalue weighted by molar-refractivity contribution is 0.661. The third-order valence-corrected chi connectivity index (χ3v) is 1.76. The summed E-state index contributed by atoms with van der Waals surface area (Å²) >= 11 is 5.42. The lowest BCUT2D eigenvalue weighted by Crippen LogP contribution is -2.10. The molecule has 1 N–H and O–H groups in total. The maximum absolute atomic E-state index is 5.42. The summed E-state index contributed by atoms with van der Waals surface area (Å²) in [5.74, 6) is 0.549. The molecule has 0 radical (unpaired) electrons. The summed E-state index contributed by atoms with van der Waals surface area (Å²) in [7, 11) is 0. The topological polar surface area (TPSA) is 12.0 Å². The molecule has 1 aliphatic carbocycles. The van der Waals surface area contributed by atoms with Crippen LogP contribution in [0.4, 0.5) is 0 Å². The third kappa shape index (κ3) is 1.49. The van der Waals surface area contributed by atoms with Crippen molar-refractivity contribution in [1.29, 1.82) is 0 Å². The first-order valence-electron chi connectivity index (χ1n) is 3.08. The second-order valence-electron chi connectivity index (χ2n) is 2.28. The summed E-state index contributed by atoms with van der Waals surface area (Å²) in [4.78, 5) is 2.64. The van der Waals surface area contributed by atoms with Crippen LogP contribution in [0.3, 0.4) is 0 Å². The molecule has 1 nitrogen and oxygen atoms in total. The number of hydrogen-bond donors (Lipinski definition) is 1. The van der Waals surface area contributed by atoms with Crippen LogP contribution >= 0.6 is 11.8 Å². The fraction of sp³-hybridized carbons (Fsp3) is 0.429. The second-order valence-corrected chi connectivity index (χ2v) is 2.47. The Morgan fingerprint density at radius 1 is 1.78 bits per heavy atom. The molecule has 0 fully saturated rings. The van der Waals surface area contributed by atoms with Crippen LogP contribution in [0, 0.1) is 5.92 Å². The van der Waals surface area contributed by atoms with Crippen molar-refractivity contribution in [2.24, 2.45) is 5.92 Å². The van der Waals surface area contributed by atoms with E-state index in [1.807, 2.05) is 12.2 Å². The predicted molar refractivity (Wildman–Crippen MR) is 40.0 cm³/mol. The van der Waals surface area contributed by atoms with Crippen molar-refractivity contribution < 1.29 is 0 Å². The number of allylic oxidation sites excluding steroid dienone is 4. The van der Waals surface area contributed by atoms with Crippen LogP contribution in [0.15, 0.2) is 23.9 Å². The molecule has 1 rings (SSSR count). The van der Waals surface area contributed by atoms with Gasteiger partial charge in [0, 0.05) is 23.4 Å². The van der Waals surface area contributed by atoms with Gasteiger partial charge in [-0.3, -0.25) is 0 Å². The number of hydrogen-bond acceptors (Lipinski definition) is 1. The van der Waals surface area contributed by atoms with Crippen molar-refractivity contribution in [2.75, 3.05) is 0 Å². The van der Waals surface area contributed by atoms with Crippen LogP contribution in [-0.2, 0) is 0 Å². The van der Waals surface area contributed by atoms with E-state index in [0.717, 1.165) is 12.1 Å². The van der Waals surface area contributed by atoms with Crippen molar-refractivity contribution in [3.05, 3.63) is 23.9 Å². The van der Waals surface area contributed by atoms with Crippen LogP contribution in [0.2, 0.25) is 0 Å². The van der Waals surface area contributed by atoms with Gasteiger partial charge in [0.1, 0.15) is 0 Å². The zero-order valence-electron chi connectivity index (χ0n) is 5.39. The van der Waals surface area contributed by atoms with Crippen molar-refractivity contribution in [1.82, 2.24) is 4.84 Å². The maximum atomic E-state index is 5.42. The first-order chi connectivity index (χ1) is 4.34. The van der Waals surface area contributed by atoms with Gasteiger partial charge >= 0.3 is 0 Å². The van der Waals surface area contributed by atoms with E-state index in [2.05, 4.69) is 17.8 Å². The Hall–Kier alpha value is -0.430. The Bertz CT molecular complexity index is 149. The smallest absolute Gasteiger partial charge is 0.0296 e. The van der Waals surface area contributed by atoms with E-state index in [1.54, 1.807) is 0 Å². The number of halogens is 1. The lowest BCUT2D eigenvalue weighted by atomic mass is 10.00. The highest BCUT2D eigenvalue weighted by Gasteiger charge is 2.06. The average Bonchev–Trinajstić information content (AvgIpc) is 1.89. The Balaban J connectivity index is 2.63. The van der Waals surface area contributed by atoms with Gasteiger partial charge in [0.15, 0.2) is 0 Å². The van der Waals surface area contributed by atoms with Crippen LogP contribution in [-0.4, -0.2) is 0 Å². The lowest BCUT2D eigenvalue weighted by Gasteiger charge is -2.14. The van der Waals surface area contributed by atoms with E-state index >= 15 is 0 Å². The molecule has 1 atom stereocenters. The Morgan fingerprint density at radius 3 is 3.00 bits per heavy atom. The predicted octanol–water partition coefficient (Wildman–Crippen LogP) is 2.21. The van der Waals surface area contributed by atoms with Crippen LogP contribution < -0.4 is 4.84 Å². The molecule has 0 spiro atoms. The first-order valence-corrected chi connectivity index (χ1v) is 3.45. The molecule has 1 unspecified atom stereocenters. The Kier molecular flexibility index (Phi) is 2.17. The molecule has 0 aromatic heterocycles. The molecule has 50 valence electrons. The molecule has 0 aromatic carbocycles. The highest BCUT2D eigenvalue weighted by Crippen LogP contribution is 2.16. The van der Waals surface area contributed by atoms with Crippen LogP contribution in [0.1, 0.15) is 13.3 Å². The SMILES string of the molecule is CC1CC=CC=C1NCl. The fourth-order valence-corrected chi connectivity index (χ4v) is 1.12. The summed E-state index contributed by atoms with van der Waals surface area (Å²) in [6.45, 7) is 2.14. The summed E-state index contributed by atoms with van der Waals surface area (Å²) in [6.07, 6.45) is 7.25. The van der Waals surface area contributed by atoms with E-state index in [4.69, 9.17) is 11.8 Å². The third-order valence-electron chi connectivity index (χ3n) is 1.54. The van der Waals surface area contributed by atoms with E-state index in [0.29, 0.717) is 5.92 Å². The van der Waals surface area contributed by atoms with Gasteiger partial charge in [-0.05, 0) is 12.5 Å². The van der Waals surface area contributed by atoms with Gasteiger partial charge in [0.2, 0.25) is 0 Å². The molecule has 1 aliphatic rings. The molecule has 0 saturated heterocycles. The van der Waals surface area contributed by atoms with Gasteiger partial charge in [-0.15, -0.1) is 0 Å². The molecular formula is C7H10ClN. The largest absolute Gasteiger partial charge is 0.302 e. The summed E-state index contributed by atoms with van der Waals surface area (Å²) in [5, 5.41) is 0. The normalized spacial score (nSPS) is 25.6. The highest BCUT2D eigenvalue weighted by molar-refractivity contribution is 6.14. The van der Waals surface area contributed by atoms with Crippen molar-refractivity contribution in [3.63, 3.8) is 0 Å². The van der Waals surface area contributed by atoms with E-state index < -0.39 is 0 Å². The average molecular weight is 144 g/mol. The van der Waals surface area contributed by atoms with E-state index in [-0.39, 0.29) is 0 Å². The van der Waals surface area contributed by atoms with Crippen LogP contribution in [0.5, 0.6) is 0 Å². The first kappa shape index (κ1) is 6.69. The molecule has 0 heterocycles. The quantitative estimate of drug-likeness (QED) is 0.555. The second kappa shape index (κ2) is 2.92. The van der Waals surface area contributed by atoms with E-state index in [1.165, 1.54) is 0 Å². The molecule has 2 heteroatoms. The zero-order chi connectivity index (χ0) is 6.69. The fourth-order valence-electron chi connectivity index (χ4n) is 0.870. The van der Waals surface area contributed by atoms with Gasteiger partial charge in [-0.25, -0.2) is 0 Å². The molecule has 0 aliphatic heterocycles. The van der Waals surface area contributed by atoms with Gasteiger partial charge < -0.3 is 4.84 Å². The summed E-state index contributed by atoms with van der Waals surface area (Å²) in [6, 6.07) is 0. The van der Waals surface area contributed by atoms with Crippen LogP contribution in [0.25, 0.3) is 0 Å². The Labute approximate surface area is 60.5 Å². The molecule has 9 heavy (non-hydrogen) atoms. The summed E-state index contributed by atoms with van der Waals surface area (Å²) < 4.78 is 0. The van der Waals surface area contributed by atoms with Gasteiger partial charge in [-0.1, -0.05) is 19.1 Å². The van der Waals surface area contributed by atoms with Crippen molar-refractivity contribution in [3.8, 4) is 0 Å². The maximum Gasteiger partial charge on any atom is 0.0296 e. The van der Waals surface area contributed by atoms with E-state index in [9.17, 15) is 0 Å². The molecule has 0 aromatic rings. The van der Waals surface area contributed by atoms with Gasteiger partial charge in [0.25, 0.3) is 0 Å². The highest BCUT2D eigenvalue weighted by atomic mass is 35.5. The summed E-state index contributed by atoms with van der Waals surface area (Å²) in [5.41, 5.74) is 1.11. The molecule has 0 amide bonds. The standard InChI is InChI=1S/C7H10ClN/c1-6-4-2-3-5-7(6)9-8/h2-3,5-6,9H,4H2,1H3. The zero-order valence-corrected chi connectivity index (χ0v) is 6.15. The molecular weight excluding hydrogens is 134 g/mol. The minimum absolute atomic E-state index is 0.549. The number of rotatable bonds is 1. The van der Waals surface area contributed by atoms with Crippen molar-refractivity contribution in [2.45, 2.75) is 13.3 Å². The number of nitrogens with one attached hydrogen (secondary N) is 1. The van der Waals surface area contributed by atoms with Crippen molar-refractivity contribution >= 4 is 11.8 Å². The molecule has 0 bridgehead atoms. The molecule has 0 saturated carbocycles.